The van der Waals surface area contributed by atoms with Crippen molar-refractivity contribution in [2.75, 3.05) is 0 Å². The van der Waals surface area contributed by atoms with Crippen molar-refractivity contribution in [3.05, 3.63) is 12.7 Å². The Bertz CT molecular complexity index is 175. The first-order chi connectivity index (χ1) is 3.95. The topological polar surface area (TPSA) is 83.8 Å². The molecule has 0 aliphatic carbocycles. The minimum atomic E-state index is -4.66. The Kier molecular flexibility index (Phi) is 16.1. The molecule has 5 nitrogen and oxygen atoms in total. The summed E-state index contributed by atoms with van der Waals surface area (Å²) in [6.45, 7) is 2.93. The molecule has 0 amide bonds. The van der Waals surface area contributed by atoms with Crippen molar-refractivity contribution in [1.29, 1.82) is 0 Å². The average molecular weight is 232 g/mol. The molecule has 0 rings (SSSR count). The maximum absolute atomic E-state index is 9.99. The van der Waals surface area contributed by atoms with Crippen LogP contribution in [0.4, 0.5) is 0 Å². The molecule has 0 saturated carbocycles. The van der Waals surface area contributed by atoms with E-state index in [2.05, 4.69) is 11.1 Å². The third-order valence-corrected chi connectivity index (χ3v) is 0.793. The van der Waals surface area contributed by atoms with E-state index in [1.54, 1.807) is 0 Å². The third kappa shape index (κ3) is 15.4. The fraction of sp³-hybridized carbons (Fsp3) is 0. The third-order valence-electron chi connectivity index (χ3n) is 0.376. The zero-order valence-electron chi connectivity index (χ0n) is 4.35. The molecule has 0 fully saturated rings. The fourth-order valence-electron chi connectivity index (χ4n) is 0.154. The van der Waals surface area contributed by atoms with Crippen molar-refractivity contribution >= 4 is 117 Å². The number of rotatable bonds is 2. The van der Waals surface area contributed by atoms with Gasteiger partial charge in [-0.3, -0.25) is 9.79 Å². The molecule has 8 heteroatoms. The van der Waals surface area contributed by atoms with Gasteiger partial charge >= 0.3 is 117 Å². The number of phosphoric ester groups is 1. The van der Waals surface area contributed by atoms with Gasteiger partial charge in [0.25, 0.3) is 0 Å². The van der Waals surface area contributed by atoms with Crippen molar-refractivity contribution in [2.24, 2.45) is 0 Å². The van der Waals surface area contributed by atoms with E-state index >= 15 is 0 Å². The number of phosphoric acid groups is 1. The first-order valence-electron chi connectivity index (χ1n) is 1.87. The number of carbonyl (C=O) groups excluding carboxylic acids is 1. The number of hydrogen-bond acceptors (Lipinski definition) is 3. The summed E-state index contributed by atoms with van der Waals surface area (Å²) in [7, 11) is -4.66. The van der Waals surface area contributed by atoms with Gasteiger partial charge in [0, 0.05) is 6.08 Å². The summed E-state index contributed by atoms with van der Waals surface area (Å²) in [6.07, 6.45) is 0.666. The summed E-state index contributed by atoms with van der Waals surface area (Å²) in [6, 6.07) is 0. The first-order valence-corrected chi connectivity index (χ1v) is 3.40. The van der Waals surface area contributed by atoms with Gasteiger partial charge in [0.15, 0.2) is 0 Å². The van der Waals surface area contributed by atoms with E-state index < -0.39 is 13.8 Å². The van der Waals surface area contributed by atoms with E-state index in [0.717, 1.165) is 0 Å². The SMILES string of the molecule is C=CC(=O)OP(=O)(O)O.[KH].[KH]. The molecule has 11 heavy (non-hydrogen) atoms. The van der Waals surface area contributed by atoms with Gasteiger partial charge in [0.1, 0.15) is 0 Å². The first kappa shape index (κ1) is 19.2. The normalized spacial score (nSPS) is 8.55. The van der Waals surface area contributed by atoms with Gasteiger partial charge in [0.2, 0.25) is 0 Å². The standard InChI is InChI=1S/C3H5O5P.2K.2H/c1-2-3(4)8-9(5,6)7;;;;/h2H,1H2,(H2,5,6,7);;;;. The van der Waals surface area contributed by atoms with E-state index in [-0.39, 0.29) is 103 Å². The van der Waals surface area contributed by atoms with Crippen LogP contribution in [0.15, 0.2) is 12.7 Å². The predicted molar refractivity (Wildman–Crippen MR) is 42.6 cm³/mol. The molecule has 2 N–H and O–H groups in total. The molecule has 0 aromatic heterocycles. The summed E-state index contributed by atoms with van der Waals surface area (Å²) < 4.78 is 13.3. The molecule has 56 valence electrons. The van der Waals surface area contributed by atoms with Crippen LogP contribution in [0.1, 0.15) is 0 Å². The van der Waals surface area contributed by atoms with Gasteiger partial charge in [-0.15, -0.1) is 0 Å². The Labute approximate surface area is 149 Å². The van der Waals surface area contributed by atoms with Crippen LogP contribution >= 0.6 is 7.82 Å². The van der Waals surface area contributed by atoms with E-state index in [1.807, 2.05) is 0 Å². The van der Waals surface area contributed by atoms with Crippen molar-refractivity contribution in [3.8, 4) is 0 Å². The predicted octanol–water partition coefficient (Wildman–Crippen LogP) is -1.49. The molecule has 0 atom stereocenters. The van der Waals surface area contributed by atoms with Gasteiger partial charge < -0.3 is 4.52 Å². The van der Waals surface area contributed by atoms with Crippen molar-refractivity contribution in [2.45, 2.75) is 0 Å². The summed E-state index contributed by atoms with van der Waals surface area (Å²) in [4.78, 5) is 25.9. The Morgan fingerprint density at radius 3 is 1.91 bits per heavy atom. The van der Waals surface area contributed by atoms with Crippen LogP contribution in [0.2, 0.25) is 0 Å². The van der Waals surface area contributed by atoms with E-state index in [0.29, 0.717) is 6.08 Å². The van der Waals surface area contributed by atoms with Crippen molar-refractivity contribution < 1.29 is 23.7 Å². The molecule has 0 bridgehead atoms. The second-order valence-electron chi connectivity index (χ2n) is 1.11. The van der Waals surface area contributed by atoms with E-state index in [1.165, 1.54) is 0 Å². The quantitative estimate of drug-likeness (QED) is 0.344. The van der Waals surface area contributed by atoms with Crippen LogP contribution in [-0.4, -0.2) is 119 Å². The summed E-state index contributed by atoms with van der Waals surface area (Å²) in [5, 5.41) is 0. The van der Waals surface area contributed by atoms with E-state index in [9.17, 15) is 9.36 Å². The Morgan fingerprint density at radius 1 is 1.45 bits per heavy atom. The fourth-order valence-corrected chi connectivity index (χ4v) is 0.463. The second kappa shape index (κ2) is 9.20. The van der Waals surface area contributed by atoms with Gasteiger partial charge in [-0.2, -0.15) is 0 Å². The van der Waals surface area contributed by atoms with Gasteiger partial charge in [0.05, 0.1) is 0 Å². The molecule has 0 aromatic carbocycles. The second-order valence-corrected chi connectivity index (χ2v) is 2.27. The van der Waals surface area contributed by atoms with Crippen molar-refractivity contribution in [1.82, 2.24) is 0 Å². The van der Waals surface area contributed by atoms with Crippen LogP contribution in [-0.2, 0) is 13.9 Å². The molecule has 0 aromatic rings. The molecular formula is C3H7K2O5P. The van der Waals surface area contributed by atoms with Crippen LogP contribution in [0, 0.1) is 0 Å². The van der Waals surface area contributed by atoms with Crippen molar-refractivity contribution in [3.63, 3.8) is 0 Å². The summed E-state index contributed by atoms with van der Waals surface area (Å²) in [5.41, 5.74) is 0. The van der Waals surface area contributed by atoms with Crippen LogP contribution in [0.25, 0.3) is 0 Å². The molecular weight excluding hydrogens is 225 g/mol. The Balaban J connectivity index is -0.000000320. The molecule has 0 aliphatic rings. The Morgan fingerprint density at radius 2 is 1.82 bits per heavy atom. The molecule has 0 saturated heterocycles. The zero-order valence-corrected chi connectivity index (χ0v) is 5.25. The van der Waals surface area contributed by atoms with Crippen LogP contribution in [0.3, 0.4) is 0 Å². The Hall–Kier alpha value is 2.63. The number of carbonyl (C=O) groups is 1. The zero-order chi connectivity index (χ0) is 7.49. The maximum atomic E-state index is 9.99. The summed E-state index contributed by atoms with van der Waals surface area (Å²) in [5.74, 6) is -1.14. The molecule has 0 radical (unpaired) electrons. The monoisotopic (exact) mass is 232 g/mol. The van der Waals surface area contributed by atoms with Crippen LogP contribution in [0.5, 0.6) is 0 Å². The molecule has 0 unspecified atom stereocenters. The molecule has 0 aliphatic heterocycles. The minimum absolute atomic E-state index is 0. The van der Waals surface area contributed by atoms with Gasteiger partial charge in [-0.25, -0.2) is 9.36 Å². The molecule has 0 heterocycles. The average Bonchev–Trinajstić information content (AvgIpc) is 1.62. The van der Waals surface area contributed by atoms with E-state index in [4.69, 9.17) is 9.79 Å². The van der Waals surface area contributed by atoms with Crippen LogP contribution < -0.4 is 0 Å². The molecule has 0 spiro atoms. The number of hydrogen-bond donors (Lipinski definition) is 2. The summed E-state index contributed by atoms with van der Waals surface area (Å²) >= 11 is 0. The van der Waals surface area contributed by atoms with Gasteiger partial charge in [-0.1, -0.05) is 6.58 Å². The van der Waals surface area contributed by atoms with Gasteiger partial charge in [-0.05, 0) is 0 Å².